The van der Waals surface area contributed by atoms with Crippen molar-refractivity contribution in [1.82, 2.24) is 0 Å². The van der Waals surface area contributed by atoms with Crippen LogP contribution in [-0.2, 0) is 12.5 Å². The van der Waals surface area contributed by atoms with E-state index < -0.39 is 34.9 Å². The van der Waals surface area contributed by atoms with Crippen LogP contribution in [0.5, 0.6) is 5.75 Å². The fourth-order valence-electron chi connectivity index (χ4n) is 5.07. The van der Waals surface area contributed by atoms with Gasteiger partial charge in [0.1, 0.15) is 35.1 Å². The fraction of sp³-hybridized carbons (Fsp3) is 0.162. The number of benzene rings is 5. The summed E-state index contributed by atoms with van der Waals surface area (Å²) >= 11 is 0. The lowest BCUT2D eigenvalue weighted by Gasteiger charge is -2.19. The Kier molecular flexibility index (Phi) is 9.29. The Morgan fingerprint density at radius 3 is 1.78 bits per heavy atom. The van der Waals surface area contributed by atoms with Crippen LogP contribution in [0.2, 0.25) is 0 Å². The zero-order chi connectivity index (χ0) is 32.1. The number of hydrogen-bond acceptors (Lipinski definition) is 2. The second kappa shape index (κ2) is 13.3. The van der Waals surface area contributed by atoms with E-state index in [-0.39, 0.29) is 33.6 Å². The van der Waals surface area contributed by atoms with E-state index in [0.29, 0.717) is 23.1 Å². The summed E-state index contributed by atoms with van der Waals surface area (Å²) < 4.78 is 93.3. The molecule has 5 aromatic carbocycles. The van der Waals surface area contributed by atoms with E-state index in [1.165, 1.54) is 66.7 Å². The largest absolute Gasteiger partial charge is 0.429 e. The molecular weight excluding hydrogens is 588 g/mol. The molecule has 0 N–H and O–H groups in total. The summed E-state index contributed by atoms with van der Waals surface area (Å²) in [5.74, 6) is -3.37. The fourth-order valence-corrected chi connectivity index (χ4v) is 5.07. The van der Waals surface area contributed by atoms with Gasteiger partial charge in [0.05, 0.1) is 11.1 Å². The maximum atomic E-state index is 15.2. The van der Waals surface area contributed by atoms with Crippen molar-refractivity contribution in [3.8, 4) is 45.2 Å². The molecule has 2 nitrogen and oxygen atoms in total. The second-order valence-corrected chi connectivity index (χ2v) is 10.6. The molecule has 8 heteroatoms. The van der Waals surface area contributed by atoms with Crippen molar-refractivity contribution in [2.24, 2.45) is 0 Å². The summed E-state index contributed by atoms with van der Waals surface area (Å²) in [5, 5.41) is 8.90. The van der Waals surface area contributed by atoms with Crippen molar-refractivity contribution in [3.05, 3.63) is 137 Å². The Balaban J connectivity index is 1.30. The molecule has 0 unspecified atom stereocenters. The van der Waals surface area contributed by atoms with E-state index in [1.807, 2.05) is 6.92 Å². The highest BCUT2D eigenvalue weighted by molar-refractivity contribution is 5.74. The van der Waals surface area contributed by atoms with Crippen LogP contribution in [0, 0.1) is 34.6 Å². The molecule has 45 heavy (non-hydrogen) atoms. The van der Waals surface area contributed by atoms with E-state index in [9.17, 15) is 22.0 Å². The Labute approximate surface area is 257 Å². The number of ether oxygens (including phenoxy) is 1. The standard InChI is InChI=1S/C37H27F6NO/c1-2-3-4-5-23-6-17-32(36(41)18-23)37(42,43)45-29-13-9-24(10-14-29)25-11-15-30(34(39)19-25)27-12-16-31(35(40)21-27)26-7-8-28(22-44)33(38)20-26/h6-21H,2-5H2,1H3. The number of unbranched alkanes of at least 4 members (excludes halogenated alkanes) is 2. The van der Waals surface area contributed by atoms with Gasteiger partial charge in [-0.3, -0.25) is 0 Å². The Morgan fingerprint density at radius 2 is 1.20 bits per heavy atom. The summed E-state index contributed by atoms with van der Waals surface area (Å²) in [7, 11) is 0. The molecule has 0 fully saturated rings. The van der Waals surface area contributed by atoms with Crippen molar-refractivity contribution in [3.63, 3.8) is 0 Å². The first kappa shape index (κ1) is 31.4. The van der Waals surface area contributed by atoms with Crippen LogP contribution >= 0.6 is 0 Å². The van der Waals surface area contributed by atoms with Gasteiger partial charge in [0.2, 0.25) is 0 Å². The van der Waals surface area contributed by atoms with Gasteiger partial charge < -0.3 is 4.74 Å². The molecule has 0 aliphatic carbocycles. The van der Waals surface area contributed by atoms with Crippen LogP contribution in [0.1, 0.15) is 42.9 Å². The van der Waals surface area contributed by atoms with Gasteiger partial charge in [-0.2, -0.15) is 14.0 Å². The van der Waals surface area contributed by atoms with Crippen LogP contribution in [0.4, 0.5) is 26.3 Å². The molecule has 0 aromatic heterocycles. The zero-order valence-electron chi connectivity index (χ0n) is 24.2. The smallest absolute Gasteiger partial charge is 0.429 e. The first-order valence-corrected chi connectivity index (χ1v) is 14.3. The zero-order valence-corrected chi connectivity index (χ0v) is 24.2. The normalized spacial score (nSPS) is 11.3. The minimum atomic E-state index is -3.92. The molecule has 0 spiro atoms. The number of nitriles is 1. The van der Waals surface area contributed by atoms with Gasteiger partial charge in [0, 0.05) is 11.1 Å². The monoisotopic (exact) mass is 615 g/mol. The Hall–Kier alpha value is -5.03. The predicted octanol–water partition coefficient (Wildman–Crippen LogP) is 11.0. The Morgan fingerprint density at radius 1 is 0.622 bits per heavy atom. The topological polar surface area (TPSA) is 33.0 Å². The molecule has 0 atom stereocenters. The lowest BCUT2D eigenvalue weighted by Crippen LogP contribution is -2.23. The van der Waals surface area contributed by atoms with Gasteiger partial charge in [-0.15, -0.1) is 0 Å². The molecule has 0 amide bonds. The molecule has 0 bridgehead atoms. The maximum absolute atomic E-state index is 15.2. The molecule has 5 aromatic rings. The predicted molar refractivity (Wildman–Crippen MR) is 161 cm³/mol. The Bertz CT molecular complexity index is 1880. The minimum Gasteiger partial charge on any atom is -0.429 e. The van der Waals surface area contributed by atoms with Gasteiger partial charge in [0.15, 0.2) is 0 Å². The molecule has 0 saturated carbocycles. The van der Waals surface area contributed by atoms with E-state index >= 15 is 4.39 Å². The molecule has 228 valence electrons. The number of rotatable bonds is 10. The van der Waals surface area contributed by atoms with Crippen molar-refractivity contribution in [1.29, 1.82) is 5.26 Å². The third kappa shape index (κ3) is 7.04. The van der Waals surface area contributed by atoms with Crippen LogP contribution in [0.3, 0.4) is 0 Å². The first-order valence-electron chi connectivity index (χ1n) is 14.3. The second-order valence-electron chi connectivity index (χ2n) is 10.6. The molecule has 0 aliphatic rings. The lowest BCUT2D eigenvalue weighted by atomic mass is 9.96. The van der Waals surface area contributed by atoms with E-state index in [2.05, 4.69) is 0 Å². The van der Waals surface area contributed by atoms with E-state index in [4.69, 9.17) is 10.00 Å². The quantitative estimate of drug-likeness (QED) is 0.116. The third-order valence-corrected chi connectivity index (χ3v) is 7.50. The first-order chi connectivity index (χ1) is 21.6. The number of aryl methyl sites for hydroxylation is 1. The van der Waals surface area contributed by atoms with Crippen LogP contribution in [0.25, 0.3) is 33.4 Å². The summed E-state index contributed by atoms with van der Waals surface area (Å²) in [6.45, 7) is 2.04. The summed E-state index contributed by atoms with van der Waals surface area (Å²) in [6.07, 6.45) is -0.506. The highest BCUT2D eigenvalue weighted by Crippen LogP contribution is 2.36. The van der Waals surface area contributed by atoms with Crippen LogP contribution < -0.4 is 4.74 Å². The molecule has 0 heterocycles. The number of alkyl halides is 2. The highest BCUT2D eigenvalue weighted by Gasteiger charge is 2.37. The summed E-state index contributed by atoms with van der Waals surface area (Å²) in [5.41, 5.74) is 1.25. The SMILES string of the molecule is CCCCCc1ccc(C(F)(F)Oc2ccc(-c3ccc(-c4ccc(-c5ccc(C#N)c(F)c5)c(F)c4)c(F)c3)cc2)c(F)c1. The van der Waals surface area contributed by atoms with Crippen molar-refractivity contribution in [2.45, 2.75) is 38.7 Å². The van der Waals surface area contributed by atoms with Crippen molar-refractivity contribution in [2.75, 3.05) is 0 Å². The minimum absolute atomic E-state index is 0.0919. The molecular formula is C37H27F6NO. The van der Waals surface area contributed by atoms with Gasteiger partial charge in [0.25, 0.3) is 0 Å². The van der Waals surface area contributed by atoms with Crippen LogP contribution in [0.15, 0.2) is 97.1 Å². The summed E-state index contributed by atoms with van der Waals surface area (Å²) in [4.78, 5) is 0. The van der Waals surface area contributed by atoms with Gasteiger partial charge >= 0.3 is 6.11 Å². The maximum Gasteiger partial charge on any atom is 0.429 e. The average Bonchev–Trinajstić information content (AvgIpc) is 3.01. The molecule has 0 saturated heterocycles. The van der Waals surface area contributed by atoms with Crippen LogP contribution in [-0.4, -0.2) is 0 Å². The van der Waals surface area contributed by atoms with E-state index in [0.717, 1.165) is 43.5 Å². The van der Waals surface area contributed by atoms with Gasteiger partial charge in [-0.1, -0.05) is 68.3 Å². The van der Waals surface area contributed by atoms with Crippen molar-refractivity contribution < 1.29 is 31.1 Å². The third-order valence-electron chi connectivity index (χ3n) is 7.50. The molecule has 5 rings (SSSR count). The average molecular weight is 616 g/mol. The van der Waals surface area contributed by atoms with E-state index in [1.54, 1.807) is 12.1 Å². The number of nitrogens with zero attached hydrogens (tertiary/aromatic N) is 1. The molecule has 0 aliphatic heterocycles. The number of halogens is 6. The highest BCUT2D eigenvalue weighted by atomic mass is 19.3. The lowest BCUT2D eigenvalue weighted by molar-refractivity contribution is -0.187. The van der Waals surface area contributed by atoms with Gasteiger partial charge in [-0.05, 0) is 89.2 Å². The van der Waals surface area contributed by atoms with Gasteiger partial charge in [-0.25, -0.2) is 17.6 Å². The summed E-state index contributed by atoms with van der Waals surface area (Å²) in [6, 6.07) is 22.9. The van der Waals surface area contributed by atoms with Crippen molar-refractivity contribution >= 4 is 0 Å². The number of hydrogen-bond donors (Lipinski definition) is 0. The molecule has 0 radical (unpaired) electrons.